The summed E-state index contributed by atoms with van der Waals surface area (Å²) in [6, 6.07) is 2.41. The highest BCUT2D eigenvalue weighted by atomic mass is 16.7. The van der Waals surface area contributed by atoms with E-state index in [9.17, 15) is 0 Å². The molecule has 1 saturated heterocycles. The average molecular weight is 194 g/mol. The third-order valence-corrected chi connectivity index (χ3v) is 4.03. The van der Waals surface area contributed by atoms with Crippen LogP contribution in [0, 0.1) is 29.1 Å². The van der Waals surface area contributed by atoms with Crippen LogP contribution in [0.4, 0.5) is 0 Å². The molecule has 2 rings (SSSR count). The van der Waals surface area contributed by atoms with Crippen molar-refractivity contribution in [3.05, 3.63) is 0 Å². The van der Waals surface area contributed by atoms with Gasteiger partial charge in [-0.2, -0.15) is 10.3 Å². The normalized spacial score (nSPS) is 43.0. The molecule has 2 atom stereocenters. The van der Waals surface area contributed by atoms with Gasteiger partial charge in [-0.1, -0.05) is 0 Å². The van der Waals surface area contributed by atoms with Crippen LogP contribution in [0.5, 0.6) is 0 Å². The Morgan fingerprint density at radius 2 is 1.57 bits per heavy atom. The smallest absolute Gasteiger partial charge is 0.0663 e. The second-order valence-electron chi connectivity index (χ2n) is 5.49. The molecular weight excluding hydrogens is 176 g/mol. The first-order valence-corrected chi connectivity index (χ1v) is 5.13. The Bertz CT molecular complexity index is 281. The molecule has 0 N–H and O–H groups in total. The van der Waals surface area contributed by atoms with Gasteiger partial charge in [-0.3, -0.25) is 0 Å². The summed E-state index contributed by atoms with van der Waals surface area (Å²) < 4.78 is 0. The van der Waals surface area contributed by atoms with Crippen molar-refractivity contribution in [2.75, 3.05) is 7.11 Å². The molecule has 1 aliphatic heterocycles. The highest BCUT2D eigenvalue weighted by Crippen LogP contribution is 2.67. The Balaban J connectivity index is 2.35. The zero-order valence-corrected chi connectivity index (χ0v) is 9.53. The fourth-order valence-corrected chi connectivity index (χ4v) is 3.71. The molecule has 78 valence electrons. The summed E-state index contributed by atoms with van der Waals surface area (Å²) in [4.78, 5) is 5.46. The van der Waals surface area contributed by atoms with Gasteiger partial charge in [-0.05, 0) is 27.7 Å². The number of nitriles is 1. The van der Waals surface area contributed by atoms with Crippen molar-refractivity contribution in [1.29, 1.82) is 5.26 Å². The van der Waals surface area contributed by atoms with Crippen LogP contribution in [-0.2, 0) is 4.84 Å². The molecule has 1 aliphatic carbocycles. The van der Waals surface area contributed by atoms with Crippen LogP contribution in [0.1, 0.15) is 27.7 Å². The van der Waals surface area contributed by atoms with Gasteiger partial charge in [0.2, 0.25) is 0 Å². The molecule has 1 saturated carbocycles. The van der Waals surface area contributed by atoms with E-state index in [1.54, 1.807) is 7.11 Å². The van der Waals surface area contributed by atoms with Gasteiger partial charge in [0, 0.05) is 22.9 Å². The molecule has 3 nitrogen and oxygen atoms in total. The summed E-state index contributed by atoms with van der Waals surface area (Å²) in [6.07, 6.45) is 0. The zero-order valence-electron chi connectivity index (χ0n) is 9.53. The van der Waals surface area contributed by atoms with E-state index in [2.05, 4.69) is 38.8 Å². The van der Waals surface area contributed by atoms with Gasteiger partial charge in [0.25, 0.3) is 0 Å². The lowest BCUT2D eigenvalue weighted by Crippen LogP contribution is -2.52. The SMILES string of the molecule is CON1C(C)(C)C2C(C#N)C2C1(C)C. The van der Waals surface area contributed by atoms with E-state index in [1.807, 2.05) is 0 Å². The minimum Gasteiger partial charge on any atom is -0.301 e. The first-order chi connectivity index (χ1) is 6.39. The summed E-state index contributed by atoms with van der Waals surface area (Å²) in [7, 11) is 1.72. The molecule has 0 spiro atoms. The van der Waals surface area contributed by atoms with Crippen LogP contribution >= 0.6 is 0 Å². The Labute approximate surface area is 85.6 Å². The maximum atomic E-state index is 9.03. The topological polar surface area (TPSA) is 36.3 Å². The van der Waals surface area contributed by atoms with E-state index in [-0.39, 0.29) is 17.0 Å². The van der Waals surface area contributed by atoms with E-state index >= 15 is 0 Å². The maximum Gasteiger partial charge on any atom is 0.0663 e. The minimum absolute atomic E-state index is 0.0106. The van der Waals surface area contributed by atoms with Crippen molar-refractivity contribution in [1.82, 2.24) is 5.06 Å². The van der Waals surface area contributed by atoms with Gasteiger partial charge in [-0.15, -0.1) is 0 Å². The predicted molar refractivity (Wildman–Crippen MR) is 53.1 cm³/mol. The van der Waals surface area contributed by atoms with Gasteiger partial charge >= 0.3 is 0 Å². The summed E-state index contributed by atoms with van der Waals surface area (Å²) in [5.74, 6) is 1.18. The number of fused-ring (bicyclic) bond motifs is 1. The van der Waals surface area contributed by atoms with Crippen LogP contribution in [0.3, 0.4) is 0 Å². The highest BCUT2D eigenvalue weighted by molar-refractivity contribution is 5.27. The van der Waals surface area contributed by atoms with E-state index < -0.39 is 0 Å². The summed E-state index contributed by atoms with van der Waals surface area (Å²) in [5.41, 5.74) is -0.0212. The highest BCUT2D eigenvalue weighted by Gasteiger charge is 2.74. The Morgan fingerprint density at radius 3 is 1.86 bits per heavy atom. The molecule has 2 unspecified atom stereocenters. The van der Waals surface area contributed by atoms with Crippen LogP contribution in [0.2, 0.25) is 0 Å². The van der Waals surface area contributed by atoms with Gasteiger partial charge in [0.15, 0.2) is 0 Å². The molecule has 0 aromatic carbocycles. The minimum atomic E-state index is -0.0106. The first-order valence-electron chi connectivity index (χ1n) is 5.13. The van der Waals surface area contributed by atoms with Gasteiger partial charge < -0.3 is 4.84 Å². The molecule has 0 aromatic rings. The molecule has 0 aromatic heterocycles. The molecule has 3 heteroatoms. The molecule has 0 amide bonds. The fraction of sp³-hybridized carbons (Fsp3) is 0.909. The van der Waals surface area contributed by atoms with Crippen molar-refractivity contribution in [3.63, 3.8) is 0 Å². The molecule has 2 aliphatic rings. The van der Waals surface area contributed by atoms with Crippen LogP contribution in [0.25, 0.3) is 0 Å². The first kappa shape index (κ1) is 9.95. The number of hydrogen-bond acceptors (Lipinski definition) is 3. The summed E-state index contributed by atoms with van der Waals surface area (Å²) >= 11 is 0. The lowest BCUT2D eigenvalue weighted by molar-refractivity contribution is -0.235. The van der Waals surface area contributed by atoms with E-state index in [1.165, 1.54) is 0 Å². The maximum absolute atomic E-state index is 9.03. The number of piperidine rings is 1. The standard InChI is InChI=1S/C11H18N2O/c1-10(2)8-7(6-12)9(8)11(3,4)13(10)14-5/h7-9H,1-5H3. The molecule has 2 fully saturated rings. The van der Waals surface area contributed by atoms with Crippen LogP contribution in [-0.4, -0.2) is 23.3 Å². The van der Waals surface area contributed by atoms with Gasteiger partial charge in [-0.25, -0.2) is 0 Å². The van der Waals surface area contributed by atoms with Gasteiger partial charge in [0.05, 0.1) is 19.1 Å². The molecular formula is C11H18N2O. The second-order valence-corrected chi connectivity index (χ2v) is 5.49. The van der Waals surface area contributed by atoms with Crippen molar-refractivity contribution >= 4 is 0 Å². The molecule has 0 bridgehead atoms. The number of rotatable bonds is 1. The molecule has 1 heterocycles. The van der Waals surface area contributed by atoms with Crippen molar-refractivity contribution in [2.24, 2.45) is 17.8 Å². The Morgan fingerprint density at radius 1 is 1.14 bits per heavy atom. The van der Waals surface area contributed by atoms with Crippen LogP contribution < -0.4 is 0 Å². The van der Waals surface area contributed by atoms with Crippen molar-refractivity contribution < 1.29 is 4.84 Å². The quantitative estimate of drug-likeness (QED) is 0.638. The largest absolute Gasteiger partial charge is 0.301 e. The number of hydroxylamine groups is 2. The van der Waals surface area contributed by atoms with E-state index in [0.29, 0.717) is 11.8 Å². The third-order valence-electron chi connectivity index (χ3n) is 4.03. The van der Waals surface area contributed by atoms with Gasteiger partial charge in [0.1, 0.15) is 0 Å². The number of nitrogens with zero attached hydrogens (tertiary/aromatic N) is 2. The van der Waals surface area contributed by atoms with Crippen LogP contribution in [0.15, 0.2) is 0 Å². The third kappa shape index (κ3) is 0.884. The monoisotopic (exact) mass is 194 g/mol. The summed E-state index contributed by atoms with van der Waals surface area (Å²) in [6.45, 7) is 8.67. The molecule has 0 radical (unpaired) electrons. The van der Waals surface area contributed by atoms with E-state index in [0.717, 1.165) is 0 Å². The van der Waals surface area contributed by atoms with Crippen molar-refractivity contribution in [3.8, 4) is 6.07 Å². The van der Waals surface area contributed by atoms with E-state index in [4.69, 9.17) is 10.1 Å². The zero-order chi connectivity index (χ0) is 10.7. The number of hydrogen-bond donors (Lipinski definition) is 0. The Kier molecular flexibility index (Phi) is 1.78. The average Bonchev–Trinajstić information content (AvgIpc) is 2.74. The molecule has 14 heavy (non-hydrogen) atoms. The predicted octanol–water partition coefficient (Wildman–Crippen LogP) is 1.81. The van der Waals surface area contributed by atoms with Crippen molar-refractivity contribution in [2.45, 2.75) is 38.8 Å². The summed E-state index contributed by atoms with van der Waals surface area (Å²) in [5, 5.41) is 11.1. The second kappa shape index (κ2) is 2.50. The lowest BCUT2D eigenvalue weighted by atomic mass is 9.96. The Hall–Kier alpha value is -0.590. The fourth-order valence-electron chi connectivity index (χ4n) is 3.71. The lowest BCUT2D eigenvalue weighted by Gasteiger charge is -2.41.